The topological polar surface area (TPSA) is 15.3 Å². The van der Waals surface area contributed by atoms with Crippen LogP contribution < -0.4 is 5.32 Å². The quantitative estimate of drug-likeness (QED) is 0.891. The Hall–Kier alpha value is -1.00. The van der Waals surface area contributed by atoms with Gasteiger partial charge in [-0.3, -0.25) is 4.90 Å². The van der Waals surface area contributed by atoms with Crippen LogP contribution in [0.1, 0.15) is 25.8 Å². The highest BCUT2D eigenvalue weighted by Gasteiger charge is 2.25. The van der Waals surface area contributed by atoms with Gasteiger partial charge in [0.25, 0.3) is 0 Å². The summed E-state index contributed by atoms with van der Waals surface area (Å²) in [7, 11) is 0. The maximum Gasteiger partial charge on any atom is 0.130 e. The average molecular weight is 254 g/mol. The van der Waals surface area contributed by atoms with Crippen molar-refractivity contribution in [3.63, 3.8) is 0 Å². The number of piperazine rings is 1. The molecule has 1 aromatic rings. The van der Waals surface area contributed by atoms with Crippen LogP contribution in [0.25, 0.3) is 0 Å². The molecule has 1 aliphatic heterocycles. The van der Waals surface area contributed by atoms with Gasteiger partial charge in [0.15, 0.2) is 0 Å². The lowest BCUT2D eigenvalue weighted by Crippen LogP contribution is -2.54. The third-order valence-electron chi connectivity index (χ3n) is 3.59. The van der Waals surface area contributed by atoms with Crippen molar-refractivity contribution in [1.82, 2.24) is 10.2 Å². The first-order valence-corrected chi connectivity index (χ1v) is 6.51. The molecule has 2 atom stereocenters. The Balaban J connectivity index is 2.10. The predicted molar refractivity (Wildman–Crippen MR) is 68.3 cm³/mol. The van der Waals surface area contributed by atoms with Gasteiger partial charge >= 0.3 is 0 Å². The summed E-state index contributed by atoms with van der Waals surface area (Å²) < 4.78 is 26.5. The molecule has 4 heteroatoms. The molecule has 0 aliphatic carbocycles. The summed E-state index contributed by atoms with van der Waals surface area (Å²) in [5.74, 6) is -0.965. The van der Waals surface area contributed by atoms with Gasteiger partial charge in [-0.15, -0.1) is 0 Å². The van der Waals surface area contributed by atoms with Crippen LogP contribution in [0, 0.1) is 11.6 Å². The Labute approximate surface area is 107 Å². The van der Waals surface area contributed by atoms with E-state index in [1.165, 1.54) is 6.07 Å². The minimum absolute atomic E-state index is 0.413. The Morgan fingerprint density at radius 3 is 2.83 bits per heavy atom. The largest absolute Gasteiger partial charge is 0.311 e. The fourth-order valence-electron chi connectivity index (χ4n) is 2.50. The second-order valence-electron chi connectivity index (χ2n) is 5.04. The maximum atomic E-state index is 13.7. The summed E-state index contributed by atoms with van der Waals surface area (Å²) in [6, 6.07) is 4.67. The fraction of sp³-hybridized carbons (Fsp3) is 0.571. The number of nitrogens with zero attached hydrogens (tertiary/aromatic N) is 1. The monoisotopic (exact) mass is 254 g/mol. The van der Waals surface area contributed by atoms with Gasteiger partial charge < -0.3 is 5.32 Å². The highest BCUT2D eigenvalue weighted by Crippen LogP contribution is 2.17. The number of halogens is 2. The van der Waals surface area contributed by atoms with Crippen LogP contribution in [0.4, 0.5) is 8.78 Å². The lowest BCUT2D eigenvalue weighted by atomic mass is 10.1. The van der Waals surface area contributed by atoms with Crippen molar-refractivity contribution >= 4 is 0 Å². The average Bonchev–Trinajstić information content (AvgIpc) is 2.33. The molecule has 0 radical (unpaired) electrons. The van der Waals surface area contributed by atoms with E-state index in [0.29, 0.717) is 24.2 Å². The molecule has 1 aromatic carbocycles. The first-order valence-electron chi connectivity index (χ1n) is 6.51. The second-order valence-corrected chi connectivity index (χ2v) is 5.04. The zero-order chi connectivity index (χ0) is 13.1. The molecule has 0 amide bonds. The normalized spacial score (nSPS) is 25.3. The van der Waals surface area contributed by atoms with E-state index >= 15 is 0 Å². The zero-order valence-corrected chi connectivity index (χ0v) is 10.9. The van der Waals surface area contributed by atoms with Crippen molar-refractivity contribution in [2.24, 2.45) is 0 Å². The summed E-state index contributed by atoms with van der Waals surface area (Å²) in [4.78, 5) is 2.28. The molecule has 1 saturated heterocycles. The van der Waals surface area contributed by atoms with E-state index in [9.17, 15) is 8.78 Å². The number of hydrogen-bond acceptors (Lipinski definition) is 2. The highest BCUT2D eigenvalue weighted by atomic mass is 19.1. The van der Waals surface area contributed by atoms with Crippen molar-refractivity contribution in [3.05, 3.63) is 35.4 Å². The van der Waals surface area contributed by atoms with Crippen molar-refractivity contribution < 1.29 is 8.78 Å². The second kappa shape index (κ2) is 5.76. The van der Waals surface area contributed by atoms with Gasteiger partial charge in [0.2, 0.25) is 0 Å². The molecule has 1 heterocycles. The van der Waals surface area contributed by atoms with Crippen molar-refractivity contribution in [1.29, 1.82) is 0 Å². The SMILES string of the molecule is CCC1CNC(C)CN1Cc1ccc(F)cc1F. The number of benzene rings is 1. The van der Waals surface area contributed by atoms with Gasteiger partial charge in [-0.2, -0.15) is 0 Å². The lowest BCUT2D eigenvalue weighted by Gasteiger charge is -2.39. The van der Waals surface area contributed by atoms with Crippen LogP contribution in [0.3, 0.4) is 0 Å². The number of nitrogens with one attached hydrogen (secondary N) is 1. The van der Waals surface area contributed by atoms with Gasteiger partial charge in [-0.05, 0) is 19.4 Å². The van der Waals surface area contributed by atoms with E-state index < -0.39 is 11.6 Å². The molecule has 100 valence electrons. The van der Waals surface area contributed by atoms with Gasteiger partial charge in [0, 0.05) is 43.3 Å². The molecule has 0 saturated carbocycles. The maximum absolute atomic E-state index is 13.7. The van der Waals surface area contributed by atoms with Crippen molar-refractivity contribution in [3.8, 4) is 0 Å². The first-order chi connectivity index (χ1) is 8.60. The first kappa shape index (κ1) is 13.4. The third-order valence-corrected chi connectivity index (χ3v) is 3.59. The van der Waals surface area contributed by atoms with Gasteiger partial charge in [0.05, 0.1) is 0 Å². The van der Waals surface area contributed by atoms with E-state index in [-0.39, 0.29) is 0 Å². The van der Waals surface area contributed by atoms with Gasteiger partial charge in [-0.1, -0.05) is 13.0 Å². The van der Waals surface area contributed by atoms with E-state index in [1.807, 2.05) is 0 Å². The molecule has 0 aromatic heterocycles. The van der Waals surface area contributed by atoms with Crippen molar-refractivity contribution in [2.75, 3.05) is 13.1 Å². The van der Waals surface area contributed by atoms with Crippen LogP contribution >= 0.6 is 0 Å². The molecule has 18 heavy (non-hydrogen) atoms. The summed E-state index contributed by atoms with van der Waals surface area (Å²) in [6.07, 6.45) is 1.03. The number of rotatable bonds is 3. The van der Waals surface area contributed by atoms with Crippen molar-refractivity contribution in [2.45, 2.75) is 38.9 Å². The van der Waals surface area contributed by atoms with E-state index in [4.69, 9.17) is 0 Å². The Bertz CT molecular complexity index is 409. The minimum atomic E-state index is -0.517. The van der Waals surface area contributed by atoms with Crippen LogP contribution in [0.5, 0.6) is 0 Å². The van der Waals surface area contributed by atoms with E-state index in [0.717, 1.165) is 25.6 Å². The lowest BCUT2D eigenvalue weighted by molar-refractivity contribution is 0.122. The molecule has 1 aliphatic rings. The number of hydrogen-bond donors (Lipinski definition) is 1. The van der Waals surface area contributed by atoms with Gasteiger partial charge in [0.1, 0.15) is 11.6 Å². The highest BCUT2D eigenvalue weighted by molar-refractivity contribution is 5.18. The fourth-order valence-corrected chi connectivity index (χ4v) is 2.50. The van der Waals surface area contributed by atoms with Crippen LogP contribution in [0.15, 0.2) is 18.2 Å². The van der Waals surface area contributed by atoms with Gasteiger partial charge in [-0.25, -0.2) is 8.78 Å². The molecule has 1 fully saturated rings. The summed E-state index contributed by atoms with van der Waals surface area (Å²) in [5, 5.41) is 3.43. The Morgan fingerprint density at radius 1 is 1.39 bits per heavy atom. The van der Waals surface area contributed by atoms with E-state index in [2.05, 4.69) is 24.1 Å². The minimum Gasteiger partial charge on any atom is -0.311 e. The molecule has 2 nitrogen and oxygen atoms in total. The van der Waals surface area contributed by atoms with Crippen LogP contribution in [0.2, 0.25) is 0 Å². The molecular weight excluding hydrogens is 234 g/mol. The Kier molecular flexibility index (Phi) is 4.30. The third kappa shape index (κ3) is 3.06. The van der Waals surface area contributed by atoms with Crippen LogP contribution in [-0.2, 0) is 6.54 Å². The summed E-state index contributed by atoms with van der Waals surface area (Å²) in [5.41, 5.74) is 0.573. The molecule has 0 bridgehead atoms. The summed E-state index contributed by atoms with van der Waals surface area (Å²) >= 11 is 0. The molecule has 0 spiro atoms. The smallest absolute Gasteiger partial charge is 0.130 e. The van der Waals surface area contributed by atoms with Crippen LogP contribution in [-0.4, -0.2) is 30.1 Å². The molecule has 2 unspecified atom stereocenters. The molecule has 1 N–H and O–H groups in total. The zero-order valence-electron chi connectivity index (χ0n) is 10.9. The molecule has 2 rings (SSSR count). The Morgan fingerprint density at radius 2 is 2.17 bits per heavy atom. The standard InChI is InChI=1S/C14H20F2N2/c1-3-13-7-17-10(2)8-18(13)9-11-4-5-12(15)6-14(11)16/h4-6,10,13,17H,3,7-9H2,1-2H3. The summed E-state index contributed by atoms with van der Waals surface area (Å²) in [6.45, 7) is 6.64. The molecular formula is C14H20F2N2. The predicted octanol–water partition coefficient (Wildman–Crippen LogP) is 2.54. The van der Waals surface area contributed by atoms with E-state index in [1.54, 1.807) is 6.07 Å².